The van der Waals surface area contributed by atoms with Gasteiger partial charge in [-0.15, -0.1) is 0 Å². The number of hydrogen-bond acceptors (Lipinski definition) is 3. The van der Waals surface area contributed by atoms with Gasteiger partial charge in [-0.2, -0.15) is 0 Å². The number of ether oxygens (including phenoxy) is 1. The summed E-state index contributed by atoms with van der Waals surface area (Å²) in [7, 11) is 0. The van der Waals surface area contributed by atoms with Crippen LogP contribution in [-0.2, 0) is 4.79 Å². The SMILES string of the molecule is CCOc1ccccc1C(O)CCC(N)=O. The fourth-order valence-corrected chi connectivity index (χ4v) is 1.48. The third-order valence-electron chi connectivity index (χ3n) is 2.24. The minimum absolute atomic E-state index is 0.168. The Labute approximate surface area is 95.0 Å². The average molecular weight is 223 g/mol. The molecule has 88 valence electrons. The van der Waals surface area contributed by atoms with Crippen molar-refractivity contribution in [1.29, 1.82) is 0 Å². The fourth-order valence-electron chi connectivity index (χ4n) is 1.48. The van der Waals surface area contributed by atoms with E-state index in [4.69, 9.17) is 10.5 Å². The second-order valence-electron chi connectivity index (χ2n) is 3.49. The molecule has 0 saturated heterocycles. The third-order valence-corrected chi connectivity index (χ3v) is 2.24. The maximum atomic E-state index is 10.6. The van der Waals surface area contributed by atoms with Gasteiger partial charge in [0.25, 0.3) is 0 Å². The van der Waals surface area contributed by atoms with Gasteiger partial charge in [0, 0.05) is 12.0 Å². The van der Waals surface area contributed by atoms with Crippen molar-refractivity contribution in [2.75, 3.05) is 6.61 Å². The Morgan fingerprint density at radius 3 is 2.81 bits per heavy atom. The molecule has 1 unspecified atom stereocenters. The minimum Gasteiger partial charge on any atom is -0.493 e. The Balaban J connectivity index is 2.73. The van der Waals surface area contributed by atoms with Crippen LogP contribution in [0.5, 0.6) is 5.75 Å². The normalized spacial score (nSPS) is 12.1. The average Bonchev–Trinajstić information content (AvgIpc) is 2.27. The molecule has 4 heteroatoms. The molecule has 1 atom stereocenters. The van der Waals surface area contributed by atoms with E-state index in [0.717, 1.165) is 0 Å². The molecule has 1 amide bonds. The van der Waals surface area contributed by atoms with Gasteiger partial charge in [0.05, 0.1) is 12.7 Å². The largest absolute Gasteiger partial charge is 0.493 e. The Kier molecular flexibility index (Phi) is 4.79. The summed E-state index contributed by atoms with van der Waals surface area (Å²) in [6.45, 7) is 2.42. The van der Waals surface area contributed by atoms with E-state index in [0.29, 0.717) is 24.3 Å². The van der Waals surface area contributed by atoms with Crippen molar-refractivity contribution in [3.63, 3.8) is 0 Å². The summed E-state index contributed by atoms with van der Waals surface area (Å²) in [5, 5.41) is 9.89. The van der Waals surface area contributed by atoms with E-state index in [9.17, 15) is 9.90 Å². The molecule has 4 nitrogen and oxygen atoms in total. The Bertz CT molecular complexity index is 352. The first-order chi connectivity index (χ1) is 7.65. The number of rotatable bonds is 6. The maximum Gasteiger partial charge on any atom is 0.217 e. The van der Waals surface area contributed by atoms with Crippen molar-refractivity contribution >= 4 is 5.91 Å². The molecule has 1 aromatic rings. The number of carbonyl (C=O) groups excluding carboxylic acids is 1. The zero-order valence-electron chi connectivity index (χ0n) is 9.35. The number of para-hydroxylation sites is 1. The van der Waals surface area contributed by atoms with Gasteiger partial charge in [0.2, 0.25) is 5.91 Å². The Hall–Kier alpha value is -1.55. The van der Waals surface area contributed by atoms with Gasteiger partial charge < -0.3 is 15.6 Å². The van der Waals surface area contributed by atoms with Gasteiger partial charge in [-0.1, -0.05) is 18.2 Å². The molecule has 0 heterocycles. The van der Waals surface area contributed by atoms with Crippen molar-refractivity contribution in [3.8, 4) is 5.75 Å². The molecule has 0 aromatic heterocycles. The third kappa shape index (κ3) is 3.55. The number of aliphatic hydroxyl groups is 1. The lowest BCUT2D eigenvalue weighted by molar-refractivity contribution is -0.118. The summed E-state index contributed by atoms with van der Waals surface area (Å²) < 4.78 is 5.39. The van der Waals surface area contributed by atoms with E-state index in [-0.39, 0.29) is 6.42 Å². The van der Waals surface area contributed by atoms with Crippen LogP contribution < -0.4 is 10.5 Å². The summed E-state index contributed by atoms with van der Waals surface area (Å²) in [5.41, 5.74) is 5.73. The number of hydrogen-bond donors (Lipinski definition) is 2. The van der Waals surface area contributed by atoms with E-state index in [1.54, 1.807) is 12.1 Å². The monoisotopic (exact) mass is 223 g/mol. The number of benzene rings is 1. The van der Waals surface area contributed by atoms with Crippen LogP contribution in [0.1, 0.15) is 31.4 Å². The van der Waals surface area contributed by atoms with Crippen molar-refractivity contribution in [3.05, 3.63) is 29.8 Å². The predicted molar refractivity (Wildman–Crippen MR) is 61.0 cm³/mol. The fraction of sp³-hybridized carbons (Fsp3) is 0.417. The van der Waals surface area contributed by atoms with Gasteiger partial charge in [0.15, 0.2) is 0 Å². The van der Waals surface area contributed by atoms with Crippen molar-refractivity contribution in [1.82, 2.24) is 0 Å². The number of primary amides is 1. The number of amides is 1. The molecule has 1 rings (SSSR count). The lowest BCUT2D eigenvalue weighted by Crippen LogP contribution is -2.12. The summed E-state index contributed by atoms with van der Waals surface area (Å²) in [4.78, 5) is 10.6. The maximum absolute atomic E-state index is 10.6. The van der Waals surface area contributed by atoms with Crippen molar-refractivity contribution < 1.29 is 14.6 Å². The summed E-state index contributed by atoms with van der Waals surface area (Å²) in [6.07, 6.45) is -0.226. The van der Waals surface area contributed by atoms with Gasteiger partial charge in [-0.3, -0.25) is 4.79 Å². The predicted octanol–water partition coefficient (Wildman–Crippen LogP) is 1.38. The molecule has 0 aliphatic heterocycles. The molecule has 0 saturated carbocycles. The lowest BCUT2D eigenvalue weighted by Gasteiger charge is -2.14. The van der Waals surface area contributed by atoms with Crippen molar-refractivity contribution in [2.24, 2.45) is 5.73 Å². The first-order valence-corrected chi connectivity index (χ1v) is 5.33. The zero-order chi connectivity index (χ0) is 12.0. The lowest BCUT2D eigenvalue weighted by atomic mass is 10.0. The van der Waals surface area contributed by atoms with Crippen LogP contribution in [0, 0.1) is 0 Å². The second kappa shape index (κ2) is 6.12. The van der Waals surface area contributed by atoms with E-state index in [2.05, 4.69) is 0 Å². The van der Waals surface area contributed by atoms with E-state index in [1.165, 1.54) is 0 Å². The van der Waals surface area contributed by atoms with Gasteiger partial charge in [-0.25, -0.2) is 0 Å². The van der Waals surface area contributed by atoms with Crippen molar-refractivity contribution in [2.45, 2.75) is 25.9 Å². The molecular formula is C12H17NO3. The molecule has 0 spiro atoms. The van der Waals surface area contributed by atoms with Gasteiger partial charge in [0.1, 0.15) is 5.75 Å². The van der Waals surface area contributed by atoms with Crippen LogP contribution in [0.2, 0.25) is 0 Å². The summed E-state index contributed by atoms with van der Waals surface area (Å²) in [6, 6.07) is 7.25. The second-order valence-corrected chi connectivity index (χ2v) is 3.49. The number of nitrogens with two attached hydrogens (primary N) is 1. The molecule has 1 aromatic carbocycles. The first-order valence-electron chi connectivity index (χ1n) is 5.33. The first kappa shape index (κ1) is 12.5. The smallest absolute Gasteiger partial charge is 0.217 e. The van der Waals surface area contributed by atoms with E-state index < -0.39 is 12.0 Å². The molecule has 0 bridgehead atoms. The molecule has 0 aliphatic carbocycles. The quantitative estimate of drug-likeness (QED) is 0.765. The van der Waals surface area contributed by atoms with E-state index >= 15 is 0 Å². The molecule has 16 heavy (non-hydrogen) atoms. The molecular weight excluding hydrogens is 206 g/mol. The van der Waals surface area contributed by atoms with Crippen LogP contribution in [-0.4, -0.2) is 17.6 Å². The topological polar surface area (TPSA) is 72.6 Å². The highest BCUT2D eigenvalue weighted by atomic mass is 16.5. The van der Waals surface area contributed by atoms with Crippen LogP contribution in [0.25, 0.3) is 0 Å². The Morgan fingerprint density at radius 1 is 1.50 bits per heavy atom. The highest BCUT2D eigenvalue weighted by molar-refractivity contribution is 5.73. The van der Waals surface area contributed by atoms with Gasteiger partial charge in [-0.05, 0) is 19.4 Å². The minimum atomic E-state index is -0.713. The number of carbonyl (C=O) groups is 1. The molecule has 0 radical (unpaired) electrons. The molecule has 3 N–H and O–H groups in total. The highest BCUT2D eigenvalue weighted by Crippen LogP contribution is 2.27. The van der Waals surface area contributed by atoms with Crippen LogP contribution in [0.4, 0.5) is 0 Å². The highest BCUT2D eigenvalue weighted by Gasteiger charge is 2.13. The van der Waals surface area contributed by atoms with Crippen LogP contribution in [0.3, 0.4) is 0 Å². The number of aliphatic hydroxyl groups excluding tert-OH is 1. The Morgan fingerprint density at radius 2 is 2.19 bits per heavy atom. The standard InChI is InChI=1S/C12H17NO3/c1-2-16-11-6-4-3-5-9(11)10(14)7-8-12(13)15/h3-6,10,14H,2,7-8H2,1H3,(H2,13,15). The summed E-state index contributed by atoms with van der Waals surface area (Å²) >= 11 is 0. The van der Waals surface area contributed by atoms with Crippen LogP contribution >= 0.6 is 0 Å². The zero-order valence-corrected chi connectivity index (χ0v) is 9.35. The molecule has 0 aliphatic rings. The van der Waals surface area contributed by atoms with Gasteiger partial charge >= 0.3 is 0 Å². The summed E-state index contributed by atoms with van der Waals surface area (Å²) in [5.74, 6) is 0.245. The van der Waals surface area contributed by atoms with E-state index in [1.807, 2.05) is 19.1 Å². The van der Waals surface area contributed by atoms with Crippen LogP contribution in [0.15, 0.2) is 24.3 Å². The molecule has 0 fully saturated rings.